The van der Waals surface area contributed by atoms with Crippen molar-refractivity contribution in [3.63, 3.8) is 0 Å². The van der Waals surface area contributed by atoms with E-state index in [1.54, 1.807) is 18.2 Å². The number of H-pyrrole nitrogens is 1. The lowest BCUT2D eigenvalue weighted by atomic mass is 10.1. The first-order chi connectivity index (χ1) is 15.5. The summed E-state index contributed by atoms with van der Waals surface area (Å²) in [5, 5.41) is 0.803. The summed E-state index contributed by atoms with van der Waals surface area (Å²) in [6.45, 7) is 4.06. The number of rotatable bonds is 7. The Balaban J connectivity index is 1.65. The Morgan fingerprint density at radius 1 is 1.19 bits per heavy atom. The summed E-state index contributed by atoms with van der Waals surface area (Å²) in [6.07, 6.45) is -0.308. The molecule has 0 aliphatic carbocycles. The average Bonchev–Trinajstić information content (AvgIpc) is 2.80. The third-order valence-electron chi connectivity index (χ3n) is 5.25. The van der Waals surface area contributed by atoms with Crippen molar-refractivity contribution in [2.24, 2.45) is 0 Å². The Bertz CT molecular complexity index is 1140. The summed E-state index contributed by atoms with van der Waals surface area (Å²) in [4.78, 5) is 30.4. The van der Waals surface area contributed by atoms with E-state index in [1.165, 1.54) is 29.2 Å². The van der Waals surface area contributed by atoms with E-state index in [1.807, 2.05) is 13.0 Å². The van der Waals surface area contributed by atoms with Gasteiger partial charge >= 0.3 is 0 Å². The summed E-state index contributed by atoms with van der Waals surface area (Å²) in [5.74, 6) is -0.0417. The number of ether oxygens (including phenoxy) is 3. The third kappa shape index (κ3) is 5.15. The second-order valence-electron chi connectivity index (χ2n) is 7.57. The van der Waals surface area contributed by atoms with Crippen molar-refractivity contribution in [2.75, 3.05) is 33.0 Å². The molecule has 1 N–H and O–H groups in total. The minimum Gasteiger partial charge on any atom is -0.494 e. The van der Waals surface area contributed by atoms with Crippen LogP contribution in [0.2, 0.25) is 0 Å². The molecule has 1 atom stereocenters. The lowest BCUT2D eigenvalue weighted by Gasteiger charge is -2.30. The maximum absolute atomic E-state index is 13.3. The zero-order valence-corrected chi connectivity index (χ0v) is 17.8. The van der Waals surface area contributed by atoms with E-state index < -0.39 is 5.82 Å². The van der Waals surface area contributed by atoms with Gasteiger partial charge in [0.25, 0.3) is 11.5 Å². The molecule has 7 nitrogen and oxygen atoms in total. The fraction of sp³-hybridized carbons (Fsp3) is 0.333. The normalized spacial score (nSPS) is 16.1. The maximum atomic E-state index is 13.3. The van der Waals surface area contributed by atoms with Gasteiger partial charge in [-0.15, -0.1) is 0 Å². The fourth-order valence-electron chi connectivity index (χ4n) is 3.69. The van der Waals surface area contributed by atoms with Gasteiger partial charge in [0.05, 0.1) is 39.1 Å². The predicted molar refractivity (Wildman–Crippen MR) is 117 cm³/mol. The molecule has 1 fully saturated rings. The molecule has 0 radical (unpaired) electrons. The molecule has 168 valence electrons. The molecule has 0 bridgehead atoms. The maximum Gasteiger partial charge on any atom is 0.254 e. The van der Waals surface area contributed by atoms with Crippen molar-refractivity contribution >= 4 is 16.8 Å². The van der Waals surface area contributed by atoms with Gasteiger partial charge in [0.2, 0.25) is 0 Å². The third-order valence-corrected chi connectivity index (χ3v) is 5.25. The molecule has 2 heterocycles. The van der Waals surface area contributed by atoms with Crippen LogP contribution in [0.15, 0.2) is 53.3 Å². The van der Waals surface area contributed by atoms with Crippen LogP contribution >= 0.6 is 0 Å². The van der Waals surface area contributed by atoms with Crippen LogP contribution in [0.3, 0.4) is 0 Å². The number of carbonyl (C=O) groups excluding carboxylic acids is 1. The van der Waals surface area contributed by atoms with E-state index >= 15 is 0 Å². The Morgan fingerprint density at radius 3 is 2.72 bits per heavy atom. The Hall–Kier alpha value is -3.23. The number of hydrogen-bond acceptors (Lipinski definition) is 5. The molecule has 3 aromatic rings. The zero-order chi connectivity index (χ0) is 22.5. The number of pyridine rings is 1. The van der Waals surface area contributed by atoms with Crippen molar-refractivity contribution in [3.8, 4) is 5.75 Å². The summed E-state index contributed by atoms with van der Waals surface area (Å²) in [7, 11) is 0. The summed E-state index contributed by atoms with van der Waals surface area (Å²) in [6, 6.07) is 12.5. The highest BCUT2D eigenvalue weighted by molar-refractivity contribution is 5.94. The van der Waals surface area contributed by atoms with Gasteiger partial charge in [-0.05, 0) is 55.5 Å². The van der Waals surface area contributed by atoms with Crippen molar-refractivity contribution in [1.29, 1.82) is 0 Å². The molecule has 1 aromatic heterocycles. The summed E-state index contributed by atoms with van der Waals surface area (Å²) in [5.41, 5.74) is 1.17. The van der Waals surface area contributed by atoms with E-state index in [-0.39, 0.29) is 30.7 Å². The Morgan fingerprint density at radius 2 is 2.00 bits per heavy atom. The number of benzene rings is 2. The number of carbonyl (C=O) groups is 1. The highest BCUT2D eigenvalue weighted by Gasteiger charge is 2.24. The SMILES string of the molecule is CCOc1ccc2[nH]c(=O)c(CN(C[C@@H]3COCCO3)C(=O)c3ccc(F)cc3)cc2c1. The second-order valence-corrected chi connectivity index (χ2v) is 7.57. The van der Waals surface area contributed by atoms with Gasteiger partial charge < -0.3 is 24.1 Å². The van der Waals surface area contributed by atoms with Gasteiger partial charge in [-0.1, -0.05) is 0 Å². The lowest BCUT2D eigenvalue weighted by Crippen LogP contribution is -2.43. The molecule has 1 saturated heterocycles. The van der Waals surface area contributed by atoms with E-state index in [9.17, 15) is 14.0 Å². The minimum atomic E-state index is -0.423. The number of fused-ring (bicyclic) bond motifs is 1. The molecule has 32 heavy (non-hydrogen) atoms. The predicted octanol–water partition coefficient (Wildman–Crippen LogP) is 3.12. The summed E-state index contributed by atoms with van der Waals surface area (Å²) < 4.78 is 30.1. The number of halogens is 1. The molecular weight excluding hydrogens is 415 g/mol. The topological polar surface area (TPSA) is 80.9 Å². The number of nitrogens with zero attached hydrogens (tertiary/aromatic N) is 1. The first-order valence-electron chi connectivity index (χ1n) is 10.6. The molecule has 0 unspecified atom stereocenters. The van der Waals surface area contributed by atoms with Crippen LogP contribution in [0.1, 0.15) is 22.8 Å². The largest absolute Gasteiger partial charge is 0.494 e. The van der Waals surface area contributed by atoms with Crippen LogP contribution < -0.4 is 10.3 Å². The molecule has 1 aliphatic rings. The number of hydrogen-bond donors (Lipinski definition) is 1. The van der Waals surface area contributed by atoms with Gasteiger partial charge in [0.15, 0.2) is 0 Å². The molecular formula is C24H25FN2O5. The molecule has 1 aliphatic heterocycles. The minimum absolute atomic E-state index is 0.0696. The van der Waals surface area contributed by atoms with Gasteiger partial charge in [-0.25, -0.2) is 4.39 Å². The summed E-state index contributed by atoms with van der Waals surface area (Å²) >= 11 is 0. The monoisotopic (exact) mass is 440 g/mol. The quantitative estimate of drug-likeness (QED) is 0.611. The Kier molecular flexibility index (Phi) is 6.82. The van der Waals surface area contributed by atoms with Gasteiger partial charge in [-0.3, -0.25) is 9.59 Å². The van der Waals surface area contributed by atoms with Crippen molar-refractivity contribution in [2.45, 2.75) is 19.6 Å². The van der Waals surface area contributed by atoms with E-state index in [4.69, 9.17) is 14.2 Å². The van der Waals surface area contributed by atoms with Gasteiger partial charge in [0, 0.05) is 28.6 Å². The van der Waals surface area contributed by atoms with E-state index in [0.717, 1.165) is 5.39 Å². The van der Waals surface area contributed by atoms with Crippen molar-refractivity contribution in [1.82, 2.24) is 9.88 Å². The average molecular weight is 440 g/mol. The van der Waals surface area contributed by atoms with Crippen LogP contribution in [0.5, 0.6) is 5.75 Å². The molecule has 0 saturated carbocycles. The smallest absolute Gasteiger partial charge is 0.254 e. The highest BCUT2D eigenvalue weighted by atomic mass is 19.1. The first-order valence-corrected chi connectivity index (χ1v) is 10.6. The molecule has 2 aromatic carbocycles. The van der Waals surface area contributed by atoms with Crippen LogP contribution in [0.4, 0.5) is 4.39 Å². The van der Waals surface area contributed by atoms with E-state index in [0.29, 0.717) is 48.8 Å². The number of amides is 1. The lowest BCUT2D eigenvalue weighted by molar-refractivity contribution is -0.0953. The number of aromatic nitrogens is 1. The molecule has 0 spiro atoms. The number of nitrogens with one attached hydrogen (secondary N) is 1. The molecule has 1 amide bonds. The zero-order valence-electron chi connectivity index (χ0n) is 17.8. The van der Waals surface area contributed by atoms with Gasteiger partial charge in [0.1, 0.15) is 11.6 Å². The standard InChI is InChI=1S/C24H25FN2O5/c1-2-31-20-7-8-22-17(12-20)11-18(23(28)26-22)13-27(14-21-15-30-9-10-32-21)24(29)16-3-5-19(25)6-4-16/h3-8,11-12,21H,2,9-10,13-15H2,1H3,(H,26,28)/t21-/m1/s1. The molecule has 8 heteroatoms. The Labute approximate surface area is 184 Å². The van der Waals surface area contributed by atoms with Crippen LogP contribution in [0, 0.1) is 5.82 Å². The van der Waals surface area contributed by atoms with Crippen molar-refractivity contribution in [3.05, 3.63) is 75.8 Å². The van der Waals surface area contributed by atoms with Crippen LogP contribution in [-0.2, 0) is 16.0 Å². The van der Waals surface area contributed by atoms with Gasteiger partial charge in [-0.2, -0.15) is 0 Å². The fourth-order valence-corrected chi connectivity index (χ4v) is 3.69. The first kappa shape index (κ1) is 22.0. The van der Waals surface area contributed by atoms with Crippen LogP contribution in [0.25, 0.3) is 10.9 Å². The van der Waals surface area contributed by atoms with E-state index in [2.05, 4.69) is 4.98 Å². The van der Waals surface area contributed by atoms with Crippen molar-refractivity contribution < 1.29 is 23.4 Å². The van der Waals surface area contributed by atoms with Crippen LogP contribution in [-0.4, -0.2) is 54.9 Å². The second kappa shape index (κ2) is 9.93. The number of aromatic amines is 1. The molecule has 4 rings (SSSR count). The highest BCUT2D eigenvalue weighted by Crippen LogP contribution is 2.20.